The average Bonchev–Trinajstić information content (AvgIpc) is 2.88. The molecule has 0 aliphatic carbocycles. The number of carbonyl (C=O) groups excluding carboxylic acids is 3. The van der Waals surface area contributed by atoms with Crippen LogP contribution in [0.2, 0.25) is 0 Å². The number of amides is 2. The number of ketones is 1. The summed E-state index contributed by atoms with van der Waals surface area (Å²) in [4.78, 5) is 37.6. The Morgan fingerprint density at radius 2 is 1.69 bits per heavy atom. The number of hydrogen-bond donors (Lipinski definition) is 3. The zero-order valence-electron chi connectivity index (χ0n) is 15.7. The van der Waals surface area contributed by atoms with Gasteiger partial charge in [-0.3, -0.25) is 14.4 Å². The number of Topliss-reactive ketones (excluding diaryl/α,β-unsaturated/α-hetero) is 1. The summed E-state index contributed by atoms with van der Waals surface area (Å²) in [5.41, 5.74) is 0.320. The quantitative estimate of drug-likeness (QED) is 0.582. The second-order valence-electron chi connectivity index (χ2n) is 7.19. The van der Waals surface area contributed by atoms with E-state index in [0.29, 0.717) is 5.56 Å². The topological polar surface area (TPSA) is 135 Å². The summed E-state index contributed by atoms with van der Waals surface area (Å²) in [6.45, 7) is 1.65. The number of sulfonamides is 1. The fourth-order valence-electron chi connectivity index (χ4n) is 3.31. The zero-order chi connectivity index (χ0) is 21.2. The van der Waals surface area contributed by atoms with Crippen LogP contribution in [0.25, 0.3) is 0 Å². The number of rotatable bonds is 6. The molecule has 3 rings (SSSR count). The summed E-state index contributed by atoms with van der Waals surface area (Å²) >= 11 is 0. The summed E-state index contributed by atoms with van der Waals surface area (Å²) in [6.07, 6.45) is 0.289. The molecule has 2 aromatic carbocycles. The zero-order valence-corrected chi connectivity index (χ0v) is 16.5. The number of carbonyl (C=O) groups is 3. The van der Waals surface area contributed by atoms with Gasteiger partial charge in [0.05, 0.1) is 4.90 Å². The van der Waals surface area contributed by atoms with Crippen molar-refractivity contribution in [1.82, 2.24) is 10.6 Å². The summed E-state index contributed by atoms with van der Waals surface area (Å²) in [5.74, 6) is -3.23. The summed E-state index contributed by atoms with van der Waals surface area (Å²) in [5, 5.41) is 10.3. The van der Waals surface area contributed by atoms with E-state index in [1.165, 1.54) is 24.3 Å². The van der Waals surface area contributed by atoms with Crippen LogP contribution in [-0.2, 0) is 37.4 Å². The lowest BCUT2D eigenvalue weighted by Gasteiger charge is -2.22. The van der Waals surface area contributed by atoms with Crippen LogP contribution in [0.4, 0.5) is 0 Å². The molecule has 29 heavy (non-hydrogen) atoms. The first kappa shape index (κ1) is 20.7. The van der Waals surface area contributed by atoms with Crippen LogP contribution in [0.3, 0.4) is 0 Å². The van der Waals surface area contributed by atoms with Gasteiger partial charge in [-0.2, -0.15) is 0 Å². The first-order chi connectivity index (χ1) is 13.6. The van der Waals surface area contributed by atoms with Crippen LogP contribution in [0.5, 0.6) is 0 Å². The summed E-state index contributed by atoms with van der Waals surface area (Å²) < 4.78 is 22.5. The highest BCUT2D eigenvalue weighted by molar-refractivity contribution is 7.89. The van der Waals surface area contributed by atoms with Crippen LogP contribution in [0, 0.1) is 5.92 Å². The standard InChI is InChI=1S/C20H21N3O5S/c1-20(11-13-5-3-2-4-6-13)17(24)16(19(26)23-20)18(25)22-12-14-7-9-15(10-8-14)29(21,27)28/h2-10,16H,11-12H2,1H3,(H,22,25)(H,23,26)(H2,21,27,28). The lowest BCUT2D eigenvalue weighted by atomic mass is 9.86. The van der Waals surface area contributed by atoms with Crippen molar-refractivity contribution in [3.8, 4) is 0 Å². The van der Waals surface area contributed by atoms with Gasteiger partial charge in [-0.05, 0) is 30.2 Å². The van der Waals surface area contributed by atoms with Crippen molar-refractivity contribution >= 4 is 27.6 Å². The van der Waals surface area contributed by atoms with Gasteiger partial charge >= 0.3 is 0 Å². The molecule has 4 N–H and O–H groups in total. The maximum absolute atomic E-state index is 12.8. The third-order valence-electron chi connectivity index (χ3n) is 4.85. The molecular weight excluding hydrogens is 394 g/mol. The minimum absolute atomic E-state index is 0.0379. The van der Waals surface area contributed by atoms with Gasteiger partial charge in [0.2, 0.25) is 21.8 Å². The number of benzene rings is 2. The molecule has 0 aromatic heterocycles. The maximum Gasteiger partial charge on any atom is 0.241 e. The summed E-state index contributed by atoms with van der Waals surface area (Å²) in [7, 11) is -3.80. The fraction of sp³-hybridized carbons (Fsp3) is 0.250. The minimum Gasteiger partial charge on any atom is -0.351 e. The van der Waals surface area contributed by atoms with Gasteiger partial charge in [0.15, 0.2) is 11.7 Å². The number of nitrogens with one attached hydrogen (secondary N) is 2. The van der Waals surface area contributed by atoms with E-state index in [1.807, 2.05) is 30.3 Å². The van der Waals surface area contributed by atoms with Crippen molar-refractivity contribution in [2.24, 2.45) is 11.1 Å². The Bertz CT molecular complexity index is 1050. The van der Waals surface area contributed by atoms with Crippen molar-refractivity contribution in [1.29, 1.82) is 0 Å². The van der Waals surface area contributed by atoms with Gasteiger partial charge in [0.25, 0.3) is 0 Å². The smallest absolute Gasteiger partial charge is 0.241 e. The van der Waals surface area contributed by atoms with Crippen LogP contribution >= 0.6 is 0 Å². The Morgan fingerprint density at radius 1 is 1.07 bits per heavy atom. The van der Waals surface area contributed by atoms with Gasteiger partial charge in [0, 0.05) is 13.0 Å². The predicted octanol–water partition coefficient (Wildman–Crippen LogP) is 0.267. The predicted molar refractivity (Wildman–Crippen MR) is 105 cm³/mol. The summed E-state index contributed by atoms with van der Waals surface area (Å²) in [6, 6.07) is 14.9. The average molecular weight is 415 g/mol. The number of nitrogens with two attached hydrogens (primary N) is 1. The molecule has 1 heterocycles. The van der Waals surface area contributed by atoms with Crippen molar-refractivity contribution in [2.45, 2.75) is 30.3 Å². The molecule has 2 atom stereocenters. The molecule has 1 aliphatic heterocycles. The van der Waals surface area contributed by atoms with Crippen molar-refractivity contribution in [3.05, 3.63) is 65.7 Å². The Balaban J connectivity index is 1.66. The highest BCUT2D eigenvalue weighted by atomic mass is 32.2. The van der Waals surface area contributed by atoms with E-state index < -0.39 is 39.1 Å². The van der Waals surface area contributed by atoms with Gasteiger partial charge in [-0.15, -0.1) is 0 Å². The van der Waals surface area contributed by atoms with Gasteiger partial charge < -0.3 is 10.6 Å². The monoisotopic (exact) mass is 415 g/mol. The van der Waals surface area contributed by atoms with Crippen LogP contribution in [0.1, 0.15) is 18.1 Å². The third kappa shape index (κ3) is 4.52. The van der Waals surface area contributed by atoms with E-state index in [-0.39, 0.29) is 17.9 Å². The molecular formula is C20H21N3O5S. The van der Waals surface area contributed by atoms with Gasteiger partial charge in [-0.1, -0.05) is 42.5 Å². The third-order valence-corrected chi connectivity index (χ3v) is 5.78. The first-order valence-corrected chi connectivity index (χ1v) is 10.4. The highest BCUT2D eigenvalue weighted by Crippen LogP contribution is 2.25. The molecule has 1 aliphatic rings. The second-order valence-corrected chi connectivity index (χ2v) is 8.75. The highest BCUT2D eigenvalue weighted by Gasteiger charge is 2.52. The maximum atomic E-state index is 12.8. The Hall–Kier alpha value is -3.04. The lowest BCUT2D eigenvalue weighted by Crippen LogP contribution is -2.46. The molecule has 8 nitrogen and oxygen atoms in total. The van der Waals surface area contributed by atoms with E-state index in [4.69, 9.17) is 5.14 Å². The SMILES string of the molecule is CC1(Cc2ccccc2)NC(=O)C(C(=O)NCc2ccc(S(N)(=O)=O)cc2)C1=O. The molecule has 1 saturated heterocycles. The molecule has 152 valence electrons. The van der Waals surface area contributed by atoms with Gasteiger partial charge in [0.1, 0.15) is 5.54 Å². The molecule has 2 unspecified atom stereocenters. The van der Waals surface area contributed by atoms with Gasteiger partial charge in [-0.25, -0.2) is 13.6 Å². The Kier molecular flexibility index (Phi) is 5.54. The van der Waals surface area contributed by atoms with Crippen molar-refractivity contribution in [3.63, 3.8) is 0 Å². The second kappa shape index (κ2) is 7.76. The molecule has 0 radical (unpaired) electrons. The minimum atomic E-state index is -3.80. The number of primary sulfonamides is 1. The van der Waals surface area contributed by atoms with Crippen molar-refractivity contribution in [2.75, 3.05) is 0 Å². The largest absolute Gasteiger partial charge is 0.351 e. The molecule has 0 bridgehead atoms. The molecule has 0 saturated carbocycles. The van der Waals surface area contributed by atoms with Crippen LogP contribution in [0.15, 0.2) is 59.5 Å². The van der Waals surface area contributed by atoms with E-state index in [1.54, 1.807) is 6.92 Å². The number of hydrogen-bond acceptors (Lipinski definition) is 5. The molecule has 1 fully saturated rings. The fourth-order valence-corrected chi connectivity index (χ4v) is 3.82. The normalized spacial score (nSPS) is 21.7. The molecule has 9 heteroatoms. The molecule has 2 amide bonds. The van der Waals surface area contributed by atoms with E-state index in [0.717, 1.165) is 5.56 Å². The molecule has 2 aromatic rings. The van der Waals surface area contributed by atoms with E-state index >= 15 is 0 Å². The van der Waals surface area contributed by atoms with E-state index in [9.17, 15) is 22.8 Å². The van der Waals surface area contributed by atoms with Crippen molar-refractivity contribution < 1.29 is 22.8 Å². The molecule has 0 spiro atoms. The van der Waals surface area contributed by atoms with Crippen LogP contribution < -0.4 is 15.8 Å². The lowest BCUT2D eigenvalue weighted by molar-refractivity contribution is -0.138. The Morgan fingerprint density at radius 3 is 2.28 bits per heavy atom. The van der Waals surface area contributed by atoms with E-state index in [2.05, 4.69) is 10.6 Å². The first-order valence-electron chi connectivity index (χ1n) is 8.90. The van der Waals surface area contributed by atoms with Crippen LogP contribution in [-0.4, -0.2) is 31.6 Å². The Labute approximate surface area is 168 Å².